The van der Waals surface area contributed by atoms with Gasteiger partial charge in [0.25, 0.3) is 0 Å². The predicted molar refractivity (Wildman–Crippen MR) is 132 cm³/mol. The first-order valence-electron chi connectivity index (χ1n) is 11.6. The van der Waals surface area contributed by atoms with Crippen LogP contribution in [0.1, 0.15) is 48.4 Å². The van der Waals surface area contributed by atoms with Crippen LogP contribution >= 0.6 is 0 Å². The van der Waals surface area contributed by atoms with Crippen LogP contribution in [0.3, 0.4) is 0 Å². The molecule has 4 rings (SSSR count). The average Bonchev–Trinajstić information content (AvgIpc) is 3.19. The molecule has 0 saturated heterocycles. The van der Waals surface area contributed by atoms with Crippen LogP contribution in [-0.2, 0) is 14.3 Å². The van der Waals surface area contributed by atoms with E-state index in [-0.39, 0.29) is 31.4 Å². The molecule has 35 heavy (non-hydrogen) atoms. The van der Waals surface area contributed by atoms with E-state index in [0.29, 0.717) is 5.56 Å². The van der Waals surface area contributed by atoms with Gasteiger partial charge in [0.2, 0.25) is 5.91 Å². The molecule has 2 atom stereocenters. The molecule has 3 N–H and O–H groups in total. The minimum atomic E-state index is -0.973. The number of carboxylic acid groups (broad SMARTS) is 1. The largest absolute Gasteiger partial charge is 0.481 e. The maximum absolute atomic E-state index is 13.0. The topological polar surface area (TPSA) is 105 Å². The molecule has 0 saturated carbocycles. The van der Waals surface area contributed by atoms with Crippen LogP contribution in [0.5, 0.6) is 0 Å². The van der Waals surface area contributed by atoms with Gasteiger partial charge in [-0.2, -0.15) is 0 Å². The van der Waals surface area contributed by atoms with Gasteiger partial charge in [0, 0.05) is 18.4 Å². The van der Waals surface area contributed by atoms with E-state index in [1.165, 1.54) is 0 Å². The third-order valence-corrected chi connectivity index (χ3v) is 6.18. The van der Waals surface area contributed by atoms with Gasteiger partial charge in [0.05, 0.1) is 0 Å². The normalized spacial score (nSPS) is 13.7. The monoisotopic (exact) mass is 472 g/mol. The number of carbonyl (C=O) groups is 3. The quantitative estimate of drug-likeness (QED) is 0.421. The summed E-state index contributed by atoms with van der Waals surface area (Å²) in [5.41, 5.74) is 5.07. The zero-order valence-electron chi connectivity index (χ0n) is 19.4. The number of hydrogen-bond donors (Lipinski definition) is 3. The van der Waals surface area contributed by atoms with E-state index in [1.54, 1.807) is 31.2 Å². The number of rotatable bonds is 9. The Morgan fingerprint density at radius 2 is 1.43 bits per heavy atom. The number of ether oxygens (including phenoxy) is 1. The van der Waals surface area contributed by atoms with E-state index >= 15 is 0 Å². The zero-order valence-corrected chi connectivity index (χ0v) is 19.4. The average molecular weight is 473 g/mol. The summed E-state index contributed by atoms with van der Waals surface area (Å²) < 4.78 is 5.62. The summed E-state index contributed by atoms with van der Waals surface area (Å²) in [6, 6.07) is 23.7. The summed E-state index contributed by atoms with van der Waals surface area (Å²) >= 11 is 0. The van der Waals surface area contributed by atoms with Crippen molar-refractivity contribution in [3.05, 3.63) is 95.6 Å². The molecule has 0 fully saturated rings. The van der Waals surface area contributed by atoms with Crippen LogP contribution in [0.25, 0.3) is 11.1 Å². The Kier molecular flexibility index (Phi) is 7.45. The van der Waals surface area contributed by atoms with Crippen molar-refractivity contribution in [2.45, 2.75) is 37.8 Å². The molecule has 0 spiro atoms. The summed E-state index contributed by atoms with van der Waals surface area (Å²) in [7, 11) is 0. The fourth-order valence-electron chi connectivity index (χ4n) is 4.44. The van der Waals surface area contributed by atoms with Crippen LogP contribution in [-0.4, -0.2) is 35.7 Å². The maximum Gasteiger partial charge on any atom is 0.408 e. The second-order valence-corrected chi connectivity index (χ2v) is 8.66. The Balaban J connectivity index is 1.44. The lowest BCUT2D eigenvalue weighted by Crippen LogP contribution is -2.44. The third-order valence-electron chi connectivity index (χ3n) is 6.18. The highest BCUT2D eigenvalue weighted by Gasteiger charge is 2.30. The predicted octanol–water partition coefficient (Wildman–Crippen LogP) is 4.64. The first-order chi connectivity index (χ1) is 16.9. The van der Waals surface area contributed by atoms with Crippen molar-refractivity contribution >= 4 is 18.0 Å². The molecule has 0 bridgehead atoms. The summed E-state index contributed by atoms with van der Waals surface area (Å²) in [4.78, 5) is 36.7. The molecule has 2 unspecified atom stereocenters. The molecule has 7 nitrogen and oxygen atoms in total. The number of carbonyl (C=O) groups excluding carboxylic acids is 2. The van der Waals surface area contributed by atoms with E-state index in [4.69, 9.17) is 9.84 Å². The van der Waals surface area contributed by atoms with Crippen molar-refractivity contribution in [1.82, 2.24) is 10.6 Å². The molecular weight excluding hydrogens is 444 g/mol. The molecule has 3 aromatic rings. The standard InChI is InChI=1S/C28H28N2O5/c1-18(15-16-25(31)32)29-27(33)26(19-9-3-2-4-10-19)30-28(34)35-17-24-22-13-7-5-11-20(22)21-12-6-8-14-23(21)24/h2-14,18,24,26H,15-17H2,1H3,(H,29,33)(H,30,34)(H,31,32). The van der Waals surface area contributed by atoms with E-state index < -0.39 is 24.0 Å². The molecule has 0 heterocycles. The summed E-state index contributed by atoms with van der Waals surface area (Å²) in [6.07, 6.45) is -0.473. The van der Waals surface area contributed by atoms with Crippen LogP contribution in [0.2, 0.25) is 0 Å². The SMILES string of the molecule is CC(CCC(=O)O)NC(=O)C(NC(=O)OCC1c2ccccc2-c2ccccc21)c1ccccc1. The first-order valence-corrected chi connectivity index (χ1v) is 11.6. The number of carboxylic acids is 1. The van der Waals surface area contributed by atoms with Gasteiger partial charge in [0.15, 0.2) is 0 Å². The van der Waals surface area contributed by atoms with Gasteiger partial charge in [-0.15, -0.1) is 0 Å². The van der Waals surface area contributed by atoms with E-state index in [2.05, 4.69) is 22.8 Å². The van der Waals surface area contributed by atoms with Crippen molar-refractivity contribution in [2.24, 2.45) is 0 Å². The number of benzene rings is 3. The van der Waals surface area contributed by atoms with Crippen LogP contribution in [0.4, 0.5) is 4.79 Å². The number of nitrogens with one attached hydrogen (secondary N) is 2. The Labute approximate surface area is 204 Å². The minimum Gasteiger partial charge on any atom is -0.481 e. The zero-order chi connectivity index (χ0) is 24.8. The number of fused-ring (bicyclic) bond motifs is 3. The van der Waals surface area contributed by atoms with Crippen molar-refractivity contribution < 1.29 is 24.2 Å². The van der Waals surface area contributed by atoms with E-state index in [1.807, 2.05) is 42.5 Å². The van der Waals surface area contributed by atoms with Crippen molar-refractivity contribution in [1.29, 1.82) is 0 Å². The Hall–Kier alpha value is -4.13. The lowest BCUT2D eigenvalue weighted by molar-refractivity contribution is -0.137. The second-order valence-electron chi connectivity index (χ2n) is 8.66. The number of aliphatic carboxylic acids is 1. The van der Waals surface area contributed by atoms with Crippen LogP contribution in [0.15, 0.2) is 78.9 Å². The molecule has 0 aliphatic heterocycles. The summed E-state index contributed by atoms with van der Waals surface area (Å²) in [5, 5.41) is 14.4. The maximum atomic E-state index is 13.0. The molecule has 0 radical (unpaired) electrons. The van der Waals surface area contributed by atoms with Crippen molar-refractivity contribution in [3.8, 4) is 11.1 Å². The molecule has 1 aliphatic rings. The van der Waals surface area contributed by atoms with Gasteiger partial charge in [-0.25, -0.2) is 4.79 Å². The molecule has 180 valence electrons. The fourth-order valence-corrected chi connectivity index (χ4v) is 4.44. The fraction of sp³-hybridized carbons (Fsp3) is 0.250. The highest BCUT2D eigenvalue weighted by atomic mass is 16.5. The highest BCUT2D eigenvalue weighted by molar-refractivity contribution is 5.87. The van der Waals surface area contributed by atoms with E-state index in [0.717, 1.165) is 22.3 Å². The Bertz CT molecular complexity index is 1170. The Morgan fingerprint density at radius 1 is 0.857 bits per heavy atom. The second kappa shape index (κ2) is 10.9. The number of amides is 2. The van der Waals surface area contributed by atoms with Gasteiger partial charge in [-0.1, -0.05) is 78.9 Å². The molecule has 1 aliphatic carbocycles. The first kappa shape index (κ1) is 24.0. The number of alkyl carbamates (subject to hydrolysis) is 1. The van der Waals surface area contributed by atoms with Crippen molar-refractivity contribution in [3.63, 3.8) is 0 Å². The summed E-state index contributed by atoms with van der Waals surface area (Å²) in [5.74, 6) is -1.45. The van der Waals surface area contributed by atoms with Crippen LogP contribution in [0, 0.1) is 0 Å². The molecule has 3 aromatic carbocycles. The lowest BCUT2D eigenvalue weighted by atomic mass is 9.98. The number of hydrogen-bond acceptors (Lipinski definition) is 4. The molecule has 7 heteroatoms. The van der Waals surface area contributed by atoms with Gasteiger partial charge in [-0.05, 0) is 41.2 Å². The Morgan fingerprint density at radius 3 is 2.03 bits per heavy atom. The van der Waals surface area contributed by atoms with Crippen molar-refractivity contribution in [2.75, 3.05) is 6.61 Å². The molecule has 2 amide bonds. The third kappa shape index (κ3) is 5.69. The van der Waals surface area contributed by atoms with Gasteiger partial charge < -0.3 is 20.5 Å². The highest BCUT2D eigenvalue weighted by Crippen LogP contribution is 2.44. The van der Waals surface area contributed by atoms with Gasteiger partial charge in [-0.3, -0.25) is 9.59 Å². The molecule has 0 aromatic heterocycles. The smallest absolute Gasteiger partial charge is 0.408 e. The van der Waals surface area contributed by atoms with Gasteiger partial charge >= 0.3 is 12.1 Å². The lowest BCUT2D eigenvalue weighted by Gasteiger charge is -2.22. The van der Waals surface area contributed by atoms with Gasteiger partial charge in [0.1, 0.15) is 12.6 Å². The summed E-state index contributed by atoms with van der Waals surface area (Å²) in [6.45, 7) is 1.87. The molecular formula is C28H28N2O5. The minimum absolute atomic E-state index is 0.0583. The van der Waals surface area contributed by atoms with E-state index in [9.17, 15) is 14.4 Å². The van der Waals surface area contributed by atoms with Crippen LogP contribution < -0.4 is 10.6 Å².